The second-order valence-corrected chi connectivity index (χ2v) is 17.1. The van der Waals surface area contributed by atoms with Gasteiger partial charge in [0.1, 0.15) is 6.07 Å². The average Bonchev–Trinajstić information content (AvgIpc) is 2.93. The van der Waals surface area contributed by atoms with Gasteiger partial charge in [-0.3, -0.25) is 4.79 Å². The van der Waals surface area contributed by atoms with E-state index in [0.717, 1.165) is 70.9 Å². The summed E-state index contributed by atoms with van der Waals surface area (Å²) >= 11 is 0. The number of Topliss-reactive ketones (excluding diaryl/α,β-unsaturated/α-hetero) is 1. The Labute approximate surface area is 254 Å². The number of urea groups is 1. The summed E-state index contributed by atoms with van der Waals surface area (Å²) in [4.78, 5) is 29.2. The van der Waals surface area contributed by atoms with Crippen LogP contribution >= 0.6 is 0 Å². The lowest BCUT2D eigenvalue weighted by Gasteiger charge is -2.70. The van der Waals surface area contributed by atoms with Crippen LogP contribution in [0.1, 0.15) is 113 Å². The first-order chi connectivity index (χ1) is 19.5. The molecule has 1 aliphatic heterocycles. The van der Waals surface area contributed by atoms with Gasteiger partial charge in [-0.25, -0.2) is 4.79 Å². The van der Waals surface area contributed by atoms with Crippen molar-refractivity contribution >= 4 is 11.8 Å². The van der Waals surface area contributed by atoms with Crippen LogP contribution in [0.2, 0.25) is 0 Å². The number of amides is 2. The highest BCUT2D eigenvalue weighted by molar-refractivity contribution is 6.04. The first-order valence-corrected chi connectivity index (χ1v) is 16.7. The van der Waals surface area contributed by atoms with Gasteiger partial charge in [-0.15, -0.1) is 0 Å². The predicted molar refractivity (Wildman–Crippen MR) is 167 cm³/mol. The molecule has 0 aromatic carbocycles. The molecule has 5 heteroatoms. The number of rotatable bonds is 1. The first kappa shape index (κ1) is 29.7. The van der Waals surface area contributed by atoms with Crippen molar-refractivity contribution < 1.29 is 9.59 Å². The Morgan fingerprint density at radius 2 is 1.67 bits per heavy atom. The third-order valence-corrected chi connectivity index (χ3v) is 14.0. The van der Waals surface area contributed by atoms with E-state index < -0.39 is 5.41 Å². The van der Waals surface area contributed by atoms with Crippen molar-refractivity contribution in [2.75, 3.05) is 13.1 Å². The highest BCUT2D eigenvalue weighted by Gasteiger charge is 2.69. The van der Waals surface area contributed by atoms with E-state index in [9.17, 15) is 14.9 Å². The van der Waals surface area contributed by atoms with Gasteiger partial charge in [-0.1, -0.05) is 78.3 Å². The van der Waals surface area contributed by atoms with Crippen LogP contribution in [0, 0.1) is 56.2 Å². The fraction of sp³-hybridized carbons (Fsp3) is 0.757. The fourth-order valence-corrected chi connectivity index (χ4v) is 11.4. The molecule has 1 heterocycles. The Morgan fingerprint density at radius 1 is 1.00 bits per heavy atom. The number of carbonyl (C=O) groups excluding carboxylic acids is 2. The molecule has 0 aromatic heterocycles. The summed E-state index contributed by atoms with van der Waals surface area (Å²) in [5, 5.41) is 13.7. The van der Waals surface area contributed by atoms with Crippen LogP contribution < -0.4 is 5.32 Å². The van der Waals surface area contributed by atoms with Crippen molar-refractivity contribution in [3.63, 3.8) is 0 Å². The third kappa shape index (κ3) is 3.92. The number of nitrogens with zero attached hydrogens (tertiary/aromatic N) is 2. The van der Waals surface area contributed by atoms with E-state index in [2.05, 4.69) is 70.8 Å². The zero-order chi connectivity index (χ0) is 30.5. The maximum absolute atomic E-state index is 13.8. The van der Waals surface area contributed by atoms with Crippen molar-refractivity contribution in [2.24, 2.45) is 44.8 Å². The lowest BCUT2D eigenvalue weighted by molar-refractivity contribution is -0.138. The molecule has 7 atom stereocenters. The Bertz CT molecular complexity index is 1320. The number of ketones is 1. The quantitative estimate of drug-likeness (QED) is 0.345. The minimum absolute atomic E-state index is 0.00765. The smallest absolute Gasteiger partial charge is 0.317 e. The molecule has 6 aliphatic rings. The van der Waals surface area contributed by atoms with Crippen LogP contribution in [0.4, 0.5) is 4.79 Å². The number of likely N-dealkylation sites (tertiary alicyclic amines) is 1. The van der Waals surface area contributed by atoms with E-state index in [1.54, 1.807) is 0 Å². The fourth-order valence-electron chi connectivity index (χ4n) is 11.4. The van der Waals surface area contributed by atoms with Gasteiger partial charge >= 0.3 is 6.03 Å². The largest absolute Gasteiger partial charge is 0.332 e. The van der Waals surface area contributed by atoms with Gasteiger partial charge in [0.05, 0.1) is 5.57 Å². The van der Waals surface area contributed by atoms with Gasteiger partial charge in [-0.2, -0.15) is 5.26 Å². The summed E-state index contributed by atoms with van der Waals surface area (Å²) in [5.41, 5.74) is 1.85. The van der Waals surface area contributed by atoms with Gasteiger partial charge < -0.3 is 10.2 Å². The van der Waals surface area contributed by atoms with Gasteiger partial charge in [0.15, 0.2) is 5.78 Å². The molecule has 42 heavy (non-hydrogen) atoms. The molecular formula is C37H53N3O2. The molecule has 1 N–H and O–H groups in total. The normalized spacial score (nSPS) is 43.9. The molecule has 0 spiro atoms. The number of nitriles is 1. The maximum atomic E-state index is 13.8. The molecular weight excluding hydrogens is 518 g/mol. The van der Waals surface area contributed by atoms with Gasteiger partial charge in [0.25, 0.3) is 0 Å². The lowest BCUT2D eigenvalue weighted by Crippen LogP contribution is -2.69. The molecule has 0 bridgehead atoms. The Kier molecular flexibility index (Phi) is 6.60. The summed E-state index contributed by atoms with van der Waals surface area (Å²) < 4.78 is 0. The summed E-state index contributed by atoms with van der Waals surface area (Å²) in [6.07, 6.45) is 15.1. The molecule has 2 amide bonds. The topological polar surface area (TPSA) is 73.2 Å². The summed E-state index contributed by atoms with van der Waals surface area (Å²) in [7, 11) is 0. The van der Waals surface area contributed by atoms with Crippen molar-refractivity contribution in [2.45, 2.75) is 118 Å². The van der Waals surface area contributed by atoms with Crippen LogP contribution in [0.25, 0.3) is 0 Å². The summed E-state index contributed by atoms with van der Waals surface area (Å²) in [5.74, 6) is 0.753. The van der Waals surface area contributed by atoms with E-state index in [0.29, 0.717) is 11.5 Å². The highest BCUT2D eigenvalue weighted by atomic mass is 16.2. The van der Waals surface area contributed by atoms with E-state index in [4.69, 9.17) is 6.58 Å². The van der Waals surface area contributed by atoms with Crippen LogP contribution in [-0.4, -0.2) is 35.3 Å². The van der Waals surface area contributed by atoms with Gasteiger partial charge in [0, 0.05) is 29.5 Å². The Hall–Kier alpha value is -2.35. The van der Waals surface area contributed by atoms with Crippen molar-refractivity contribution in [3.8, 4) is 6.07 Å². The maximum Gasteiger partial charge on any atom is 0.317 e. The minimum atomic E-state index is -0.580. The number of nitrogens with one attached hydrogen (secondary N) is 1. The van der Waals surface area contributed by atoms with Crippen LogP contribution in [0.15, 0.2) is 35.5 Å². The standard InChI is InChI=1S/C37H53N3O2/c1-24-20-28-34(6)21-25(23-38)30(41)33(4,5)27(34)12-13-35(28,7)36(8)15-17-37(39-31(42)40-18-10-9-11-19-40)16-14-32(2,3)22-26(37)29(24)36/h20-21,26-27,29H,1,9-19,22H2,2-8H3,(H,39,42)/t26?,27-,29?,34-,35+,36+,37-/m0/s1. The highest BCUT2D eigenvalue weighted by Crippen LogP contribution is 2.74. The van der Waals surface area contributed by atoms with Crippen LogP contribution in [0.5, 0.6) is 0 Å². The van der Waals surface area contributed by atoms with E-state index >= 15 is 0 Å². The number of carbonyl (C=O) groups is 2. The third-order valence-electron chi connectivity index (χ3n) is 14.0. The molecule has 5 nitrogen and oxygen atoms in total. The second-order valence-electron chi connectivity index (χ2n) is 17.1. The van der Waals surface area contributed by atoms with Crippen molar-refractivity contribution in [1.29, 1.82) is 5.26 Å². The number of hydrogen-bond acceptors (Lipinski definition) is 3. The number of fused-ring (bicyclic) bond motifs is 7. The van der Waals surface area contributed by atoms with Gasteiger partial charge in [0.2, 0.25) is 0 Å². The summed E-state index contributed by atoms with van der Waals surface area (Å²) in [6.45, 7) is 22.8. The van der Waals surface area contributed by atoms with E-state index in [1.165, 1.54) is 17.6 Å². The first-order valence-electron chi connectivity index (χ1n) is 16.7. The SMILES string of the molecule is C=C1C=C2[C@@]3(C)C=C(C#N)C(=O)C(C)(C)[C@@H]3CC[C@@]2(C)[C@]2(C)CC[C@@]3(NC(=O)N4CCCCC4)CCC(C)(C)CC3C12. The molecule has 2 unspecified atom stereocenters. The second kappa shape index (κ2) is 9.33. The summed E-state index contributed by atoms with van der Waals surface area (Å²) in [6, 6.07) is 2.41. The molecule has 228 valence electrons. The zero-order valence-corrected chi connectivity index (χ0v) is 27.3. The molecule has 4 fully saturated rings. The lowest BCUT2D eigenvalue weighted by atomic mass is 9.34. The van der Waals surface area contributed by atoms with Crippen LogP contribution in [0.3, 0.4) is 0 Å². The number of allylic oxidation sites excluding steroid dienone is 5. The van der Waals surface area contributed by atoms with Gasteiger partial charge in [-0.05, 0) is 98.2 Å². The Balaban J connectivity index is 1.45. The Morgan fingerprint density at radius 3 is 2.33 bits per heavy atom. The molecule has 0 aromatic rings. The molecule has 1 saturated heterocycles. The monoisotopic (exact) mass is 571 g/mol. The number of piperidine rings is 1. The zero-order valence-electron chi connectivity index (χ0n) is 27.3. The number of hydrogen-bond donors (Lipinski definition) is 1. The van der Waals surface area contributed by atoms with Crippen molar-refractivity contribution in [1.82, 2.24) is 10.2 Å². The van der Waals surface area contributed by atoms with E-state index in [-0.39, 0.29) is 50.8 Å². The molecule has 3 saturated carbocycles. The van der Waals surface area contributed by atoms with Crippen LogP contribution in [-0.2, 0) is 4.79 Å². The molecule has 0 radical (unpaired) electrons. The predicted octanol–water partition coefficient (Wildman–Crippen LogP) is 8.14. The molecule has 6 rings (SSSR count). The average molecular weight is 572 g/mol. The molecule has 5 aliphatic carbocycles. The van der Waals surface area contributed by atoms with Crippen molar-refractivity contribution in [3.05, 3.63) is 35.5 Å². The van der Waals surface area contributed by atoms with E-state index in [1.807, 2.05) is 6.08 Å². The minimum Gasteiger partial charge on any atom is -0.332 e.